The summed E-state index contributed by atoms with van der Waals surface area (Å²) in [6, 6.07) is 14.7. The van der Waals surface area contributed by atoms with Crippen LogP contribution in [0.5, 0.6) is 17.2 Å². The van der Waals surface area contributed by atoms with Gasteiger partial charge in [-0.05, 0) is 24.3 Å². The number of rotatable bonds is 4. The van der Waals surface area contributed by atoms with Crippen LogP contribution in [0.4, 0.5) is 5.69 Å². The zero-order chi connectivity index (χ0) is 15.4. The van der Waals surface area contributed by atoms with Gasteiger partial charge in [0.2, 0.25) is 0 Å². The molecule has 0 aliphatic carbocycles. The highest BCUT2D eigenvalue weighted by atomic mass is 16.5. The van der Waals surface area contributed by atoms with Crippen molar-refractivity contribution in [3.63, 3.8) is 0 Å². The third-order valence-electron chi connectivity index (χ3n) is 3.43. The number of carbonyl (C=O) groups is 1. The minimum Gasteiger partial charge on any atom is -0.497 e. The number of para-hydroxylation sites is 2. The SMILES string of the molecule is COc1cccc(OCC(=O)N2CCOc3ccccc32)c1. The first kappa shape index (κ1) is 14.3. The molecule has 1 heterocycles. The Morgan fingerprint density at radius 2 is 2.00 bits per heavy atom. The van der Waals surface area contributed by atoms with E-state index in [1.54, 1.807) is 24.1 Å². The predicted octanol–water partition coefficient (Wildman–Crippen LogP) is 2.50. The third kappa shape index (κ3) is 2.98. The molecule has 0 unspecified atom stereocenters. The average molecular weight is 299 g/mol. The summed E-state index contributed by atoms with van der Waals surface area (Å²) in [7, 11) is 1.59. The molecule has 0 aromatic heterocycles. The molecule has 114 valence electrons. The van der Waals surface area contributed by atoms with Crippen LogP contribution in [0, 0.1) is 0 Å². The van der Waals surface area contributed by atoms with Crippen LogP contribution in [0.1, 0.15) is 0 Å². The summed E-state index contributed by atoms with van der Waals surface area (Å²) in [5, 5.41) is 0. The van der Waals surface area contributed by atoms with Crippen molar-refractivity contribution in [2.75, 3.05) is 31.8 Å². The van der Waals surface area contributed by atoms with Crippen molar-refractivity contribution in [2.24, 2.45) is 0 Å². The number of amides is 1. The van der Waals surface area contributed by atoms with Crippen LogP contribution in [-0.4, -0.2) is 32.8 Å². The monoisotopic (exact) mass is 299 g/mol. The molecule has 5 nitrogen and oxygen atoms in total. The molecule has 0 N–H and O–H groups in total. The molecule has 0 saturated carbocycles. The average Bonchev–Trinajstić information content (AvgIpc) is 2.59. The second-order valence-electron chi connectivity index (χ2n) is 4.83. The van der Waals surface area contributed by atoms with Gasteiger partial charge >= 0.3 is 0 Å². The van der Waals surface area contributed by atoms with Crippen LogP contribution in [0.3, 0.4) is 0 Å². The van der Waals surface area contributed by atoms with E-state index in [-0.39, 0.29) is 12.5 Å². The molecule has 1 aliphatic rings. The van der Waals surface area contributed by atoms with Crippen LogP contribution in [0.25, 0.3) is 0 Å². The molecule has 22 heavy (non-hydrogen) atoms. The molecule has 2 aromatic carbocycles. The Labute approximate surface area is 129 Å². The molecule has 0 saturated heterocycles. The van der Waals surface area contributed by atoms with Gasteiger partial charge in [-0.25, -0.2) is 0 Å². The first-order valence-electron chi connectivity index (χ1n) is 7.07. The molecule has 0 spiro atoms. The summed E-state index contributed by atoms with van der Waals surface area (Å²) in [5.74, 6) is 1.93. The Bertz CT molecular complexity index is 671. The first-order valence-corrected chi connectivity index (χ1v) is 7.07. The lowest BCUT2D eigenvalue weighted by Gasteiger charge is -2.29. The first-order chi connectivity index (χ1) is 10.8. The van der Waals surface area contributed by atoms with Gasteiger partial charge in [-0.1, -0.05) is 18.2 Å². The van der Waals surface area contributed by atoms with Gasteiger partial charge in [0.05, 0.1) is 19.3 Å². The molecule has 2 aromatic rings. The fourth-order valence-electron chi connectivity index (χ4n) is 2.34. The maximum atomic E-state index is 12.4. The highest BCUT2D eigenvalue weighted by molar-refractivity contribution is 5.96. The van der Waals surface area contributed by atoms with Crippen molar-refractivity contribution in [2.45, 2.75) is 0 Å². The normalized spacial score (nSPS) is 13.0. The van der Waals surface area contributed by atoms with E-state index in [1.165, 1.54) is 0 Å². The van der Waals surface area contributed by atoms with Crippen LogP contribution in [-0.2, 0) is 4.79 Å². The molecule has 0 atom stereocenters. The van der Waals surface area contributed by atoms with Gasteiger partial charge in [0.15, 0.2) is 6.61 Å². The molecule has 1 aliphatic heterocycles. The van der Waals surface area contributed by atoms with Crippen LogP contribution in [0.2, 0.25) is 0 Å². The molecule has 1 amide bonds. The summed E-state index contributed by atoms with van der Waals surface area (Å²) in [6.45, 7) is 0.987. The molecule has 0 fully saturated rings. The Kier molecular flexibility index (Phi) is 4.14. The van der Waals surface area contributed by atoms with Crippen LogP contribution >= 0.6 is 0 Å². The zero-order valence-electron chi connectivity index (χ0n) is 12.3. The third-order valence-corrected chi connectivity index (χ3v) is 3.43. The van der Waals surface area contributed by atoms with E-state index < -0.39 is 0 Å². The van der Waals surface area contributed by atoms with Crippen molar-refractivity contribution in [1.29, 1.82) is 0 Å². The van der Waals surface area contributed by atoms with Gasteiger partial charge < -0.3 is 19.1 Å². The van der Waals surface area contributed by atoms with Gasteiger partial charge in [0, 0.05) is 6.07 Å². The van der Waals surface area contributed by atoms with Gasteiger partial charge in [-0.15, -0.1) is 0 Å². The van der Waals surface area contributed by atoms with E-state index in [2.05, 4.69) is 0 Å². The standard InChI is InChI=1S/C17H17NO4/c1-20-13-5-4-6-14(11-13)22-12-17(19)18-9-10-21-16-8-3-2-7-15(16)18/h2-8,11H,9-10,12H2,1H3. The van der Waals surface area contributed by atoms with Crippen molar-refractivity contribution in [3.05, 3.63) is 48.5 Å². The van der Waals surface area contributed by atoms with Gasteiger partial charge in [-0.3, -0.25) is 4.79 Å². The van der Waals surface area contributed by atoms with Crippen LogP contribution < -0.4 is 19.1 Å². The fourth-order valence-corrected chi connectivity index (χ4v) is 2.34. The number of nitrogens with zero attached hydrogens (tertiary/aromatic N) is 1. The lowest BCUT2D eigenvalue weighted by atomic mass is 10.2. The van der Waals surface area contributed by atoms with E-state index in [0.29, 0.717) is 24.7 Å². The number of ether oxygens (including phenoxy) is 3. The lowest BCUT2D eigenvalue weighted by molar-refractivity contribution is -0.120. The maximum Gasteiger partial charge on any atom is 0.265 e. The highest BCUT2D eigenvalue weighted by Crippen LogP contribution is 2.31. The molecule has 0 bridgehead atoms. The smallest absolute Gasteiger partial charge is 0.265 e. The van der Waals surface area contributed by atoms with E-state index in [9.17, 15) is 4.79 Å². The molecule has 0 radical (unpaired) electrons. The fraction of sp³-hybridized carbons (Fsp3) is 0.235. The van der Waals surface area contributed by atoms with Crippen molar-refractivity contribution in [1.82, 2.24) is 0 Å². The number of hydrogen-bond donors (Lipinski definition) is 0. The summed E-state index contributed by atoms with van der Waals surface area (Å²) < 4.78 is 16.2. The predicted molar refractivity (Wildman–Crippen MR) is 82.8 cm³/mol. The summed E-state index contributed by atoms with van der Waals surface area (Å²) in [5.41, 5.74) is 0.785. The van der Waals surface area contributed by atoms with E-state index in [0.717, 1.165) is 11.4 Å². The van der Waals surface area contributed by atoms with Gasteiger partial charge in [-0.2, -0.15) is 0 Å². The van der Waals surface area contributed by atoms with Gasteiger partial charge in [0.25, 0.3) is 5.91 Å². The second-order valence-corrected chi connectivity index (χ2v) is 4.83. The maximum absolute atomic E-state index is 12.4. The second kappa shape index (κ2) is 6.39. The summed E-state index contributed by atoms with van der Waals surface area (Å²) in [6.07, 6.45) is 0. The van der Waals surface area contributed by atoms with Gasteiger partial charge in [0.1, 0.15) is 23.9 Å². The minimum absolute atomic E-state index is 0.0263. The Hall–Kier alpha value is -2.69. The zero-order valence-corrected chi connectivity index (χ0v) is 12.3. The number of fused-ring (bicyclic) bond motifs is 1. The number of benzene rings is 2. The Morgan fingerprint density at radius 3 is 2.86 bits per heavy atom. The number of hydrogen-bond acceptors (Lipinski definition) is 4. The highest BCUT2D eigenvalue weighted by Gasteiger charge is 2.23. The molecular weight excluding hydrogens is 282 g/mol. The van der Waals surface area contributed by atoms with E-state index in [1.807, 2.05) is 36.4 Å². The summed E-state index contributed by atoms with van der Waals surface area (Å²) in [4.78, 5) is 14.1. The molecular formula is C17H17NO4. The van der Waals surface area contributed by atoms with Crippen LogP contribution in [0.15, 0.2) is 48.5 Å². The number of anilines is 1. The number of methoxy groups -OCH3 is 1. The van der Waals surface area contributed by atoms with E-state index >= 15 is 0 Å². The lowest BCUT2D eigenvalue weighted by Crippen LogP contribution is -2.40. The van der Waals surface area contributed by atoms with Crippen molar-refractivity contribution >= 4 is 11.6 Å². The quantitative estimate of drug-likeness (QED) is 0.870. The largest absolute Gasteiger partial charge is 0.497 e. The summed E-state index contributed by atoms with van der Waals surface area (Å²) >= 11 is 0. The molecule has 3 rings (SSSR count). The Balaban J connectivity index is 1.68. The minimum atomic E-state index is -0.0985. The van der Waals surface area contributed by atoms with E-state index in [4.69, 9.17) is 14.2 Å². The topological polar surface area (TPSA) is 48.0 Å². The number of carbonyl (C=O) groups excluding carboxylic acids is 1. The molecule has 5 heteroatoms. The van der Waals surface area contributed by atoms with Crippen molar-refractivity contribution in [3.8, 4) is 17.2 Å². The van der Waals surface area contributed by atoms with Crippen molar-refractivity contribution < 1.29 is 19.0 Å². The Morgan fingerprint density at radius 1 is 1.18 bits per heavy atom.